The monoisotopic (exact) mass is 392 g/mol. The highest BCUT2D eigenvalue weighted by Crippen LogP contribution is 2.18. The van der Waals surface area contributed by atoms with E-state index in [1.807, 2.05) is 6.07 Å². The SMILES string of the molecule is CC(OCC1CCCO1)C(=O)OC(C)C(=O)N(CCC#N)c1ccc(F)cc1. The summed E-state index contributed by atoms with van der Waals surface area (Å²) in [7, 11) is 0. The van der Waals surface area contributed by atoms with Crippen molar-refractivity contribution in [3.63, 3.8) is 0 Å². The summed E-state index contributed by atoms with van der Waals surface area (Å²) in [5, 5.41) is 8.83. The molecular weight excluding hydrogens is 367 g/mol. The predicted molar refractivity (Wildman–Crippen MR) is 98.9 cm³/mol. The second-order valence-electron chi connectivity index (χ2n) is 6.56. The van der Waals surface area contributed by atoms with Gasteiger partial charge in [-0.3, -0.25) is 4.79 Å². The molecule has 1 heterocycles. The summed E-state index contributed by atoms with van der Waals surface area (Å²) in [6.45, 7) is 4.11. The van der Waals surface area contributed by atoms with E-state index in [-0.39, 0.29) is 19.1 Å². The number of halogens is 1. The molecule has 7 nitrogen and oxygen atoms in total. The number of anilines is 1. The van der Waals surface area contributed by atoms with Gasteiger partial charge in [0.15, 0.2) is 12.2 Å². The van der Waals surface area contributed by atoms with E-state index in [1.165, 1.54) is 36.1 Å². The molecule has 0 aromatic heterocycles. The third-order valence-electron chi connectivity index (χ3n) is 4.38. The topological polar surface area (TPSA) is 88.9 Å². The number of esters is 1. The minimum absolute atomic E-state index is 0.0192. The third-order valence-corrected chi connectivity index (χ3v) is 4.38. The molecule has 1 fully saturated rings. The standard InChI is InChI=1S/C20H25FN2O5/c1-14(28-20(25)15(2)27-13-18-5-3-12-26-18)19(24)23(11-4-10-22)17-8-6-16(21)7-9-17/h6-9,14-15,18H,3-5,11-13H2,1-2H3. The zero-order valence-corrected chi connectivity index (χ0v) is 16.1. The van der Waals surface area contributed by atoms with Gasteiger partial charge >= 0.3 is 5.97 Å². The van der Waals surface area contributed by atoms with Crippen LogP contribution in [0.25, 0.3) is 0 Å². The first kappa shape index (κ1) is 21.8. The Morgan fingerprint density at radius 2 is 2.04 bits per heavy atom. The van der Waals surface area contributed by atoms with Crippen LogP contribution in [0.15, 0.2) is 24.3 Å². The van der Waals surface area contributed by atoms with Gasteiger partial charge in [0.05, 0.1) is 25.2 Å². The summed E-state index contributed by atoms with van der Waals surface area (Å²) in [6, 6.07) is 7.29. The quantitative estimate of drug-likeness (QED) is 0.600. The molecule has 1 amide bonds. The Morgan fingerprint density at radius 1 is 1.32 bits per heavy atom. The van der Waals surface area contributed by atoms with Crippen molar-refractivity contribution in [3.8, 4) is 6.07 Å². The maximum Gasteiger partial charge on any atom is 0.335 e. The zero-order chi connectivity index (χ0) is 20.5. The molecule has 1 aliphatic heterocycles. The summed E-state index contributed by atoms with van der Waals surface area (Å²) in [5.74, 6) is -1.59. The molecule has 8 heteroatoms. The van der Waals surface area contributed by atoms with Gasteiger partial charge in [0, 0.05) is 18.8 Å². The molecule has 1 saturated heterocycles. The van der Waals surface area contributed by atoms with Crippen LogP contribution in [0.5, 0.6) is 0 Å². The van der Waals surface area contributed by atoms with E-state index in [9.17, 15) is 14.0 Å². The highest BCUT2D eigenvalue weighted by Gasteiger charge is 2.28. The number of carbonyl (C=O) groups is 2. The predicted octanol–water partition coefficient (Wildman–Crippen LogP) is 2.59. The molecule has 2 rings (SSSR count). The normalized spacial score (nSPS) is 18.1. The summed E-state index contributed by atoms with van der Waals surface area (Å²) in [4.78, 5) is 26.3. The lowest BCUT2D eigenvalue weighted by atomic mass is 10.2. The Labute approximate surface area is 164 Å². The number of benzene rings is 1. The van der Waals surface area contributed by atoms with Crippen molar-refractivity contribution in [3.05, 3.63) is 30.1 Å². The summed E-state index contributed by atoms with van der Waals surface area (Å²) >= 11 is 0. The van der Waals surface area contributed by atoms with Crippen LogP contribution in [-0.4, -0.2) is 49.9 Å². The van der Waals surface area contributed by atoms with Crippen LogP contribution in [0.1, 0.15) is 33.1 Å². The molecule has 152 valence electrons. The van der Waals surface area contributed by atoms with Crippen LogP contribution in [0.3, 0.4) is 0 Å². The van der Waals surface area contributed by atoms with Crippen LogP contribution in [0, 0.1) is 17.1 Å². The first-order valence-electron chi connectivity index (χ1n) is 9.30. The molecule has 1 aromatic carbocycles. The average Bonchev–Trinajstić information content (AvgIpc) is 3.21. The first-order valence-corrected chi connectivity index (χ1v) is 9.30. The number of amides is 1. The van der Waals surface area contributed by atoms with Crippen LogP contribution in [0.2, 0.25) is 0 Å². The minimum Gasteiger partial charge on any atom is -0.451 e. The van der Waals surface area contributed by atoms with E-state index in [1.54, 1.807) is 6.92 Å². The minimum atomic E-state index is -1.08. The zero-order valence-electron chi connectivity index (χ0n) is 16.1. The Kier molecular flexibility index (Phi) is 8.36. The van der Waals surface area contributed by atoms with Gasteiger partial charge < -0.3 is 19.1 Å². The van der Waals surface area contributed by atoms with Crippen LogP contribution in [-0.2, 0) is 23.8 Å². The molecule has 0 saturated carbocycles. The Morgan fingerprint density at radius 3 is 2.64 bits per heavy atom. The molecule has 3 atom stereocenters. The Bertz CT molecular complexity index is 698. The second kappa shape index (κ2) is 10.7. The number of ether oxygens (including phenoxy) is 3. The van der Waals surface area contributed by atoms with E-state index in [0.29, 0.717) is 18.9 Å². The highest BCUT2D eigenvalue weighted by molar-refractivity contribution is 5.97. The van der Waals surface area contributed by atoms with Gasteiger partial charge in [0.2, 0.25) is 0 Å². The fourth-order valence-electron chi connectivity index (χ4n) is 2.78. The van der Waals surface area contributed by atoms with E-state index in [0.717, 1.165) is 12.8 Å². The molecule has 1 aromatic rings. The van der Waals surface area contributed by atoms with Gasteiger partial charge in [-0.05, 0) is 51.0 Å². The Balaban J connectivity index is 1.93. The molecule has 0 bridgehead atoms. The summed E-state index contributed by atoms with van der Waals surface area (Å²) < 4.78 is 29.3. The van der Waals surface area contributed by atoms with Crippen LogP contribution < -0.4 is 4.90 Å². The number of carbonyl (C=O) groups excluding carboxylic acids is 2. The molecule has 3 unspecified atom stereocenters. The van der Waals surface area contributed by atoms with Crippen LogP contribution >= 0.6 is 0 Å². The van der Waals surface area contributed by atoms with Gasteiger partial charge in [-0.25, -0.2) is 9.18 Å². The molecular formula is C20H25FN2O5. The van der Waals surface area contributed by atoms with Crippen LogP contribution in [0.4, 0.5) is 10.1 Å². The van der Waals surface area contributed by atoms with Gasteiger partial charge in [-0.1, -0.05) is 0 Å². The van der Waals surface area contributed by atoms with E-state index < -0.39 is 29.9 Å². The van der Waals surface area contributed by atoms with E-state index >= 15 is 0 Å². The maximum atomic E-state index is 13.2. The average molecular weight is 392 g/mol. The van der Waals surface area contributed by atoms with Crippen molar-refractivity contribution >= 4 is 17.6 Å². The van der Waals surface area contributed by atoms with Crippen molar-refractivity contribution < 1.29 is 28.2 Å². The molecule has 28 heavy (non-hydrogen) atoms. The lowest BCUT2D eigenvalue weighted by Gasteiger charge is -2.26. The van der Waals surface area contributed by atoms with Crippen molar-refractivity contribution in [2.45, 2.75) is 51.4 Å². The molecule has 0 N–H and O–H groups in total. The molecule has 0 aliphatic carbocycles. The lowest BCUT2D eigenvalue weighted by Crippen LogP contribution is -2.42. The van der Waals surface area contributed by atoms with E-state index in [4.69, 9.17) is 19.5 Å². The van der Waals surface area contributed by atoms with Crippen molar-refractivity contribution in [2.75, 3.05) is 24.7 Å². The maximum absolute atomic E-state index is 13.2. The van der Waals surface area contributed by atoms with E-state index in [2.05, 4.69) is 0 Å². The number of nitrogens with zero attached hydrogens (tertiary/aromatic N) is 2. The largest absolute Gasteiger partial charge is 0.451 e. The summed E-state index contributed by atoms with van der Waals surface area (Å²) in [5.41, 5.74) is 0.423. The smallest absolute Gasteiger partial charge is 0.335 e. The van der Waals surface area contributed by atoms with Gasteiger partial charge in [0.25, 0.3) is 5.91 Å². The van der Waals surface area contributed by atoms with Crippen molar-refractivity contribution in [1.82, 2.24) is 0 Å². The first-order chi connectivity index (χ1) is 13.4. The van der Waals surface area contributed by atoms with Gasteiger partial charge in [-0.2, -0.15) is 5.26 Å². The van der Waals surface area contributed by atoms with Crippen molar-refractivity contribution in [1.29, 1.82) is 5.26 Å². The lowest BCUT2D eigenvalue weighted by molar-refractivity contribution is -0.165. The number of rotatable bonds is 9. The molecule has 0 radical (unpaired) electrons. The third kappa shape index (κ3) is 6.29. The fourth-order valence-corrected chi connectivity index (χ4v) is 2.78. The number of nitriles is 1. The number of hydrogen-bond donors (Lipinski definition) is 0. The fraction of sp³-hybridized carbons (Fsp3) is 0.550. The highest BCUT2D eigenvalue weighted by atomic mass is 19.1. The summed E-state index contributed by atoms with van der Waals surface area (Å²) in [6.07, 6.45) is 0.0183. The van der Waals surface area contributed by atoms with Gasteiger partial charge in [-0.15, -0.1) is 0 Å². The second-order valence-corrected chi connectivity index (χ2v) is 6.56. The Hall–Kier alpha value is -2.50. The molecule has 1 aliphatic rings. The van der Waals surface area contributed by atoms with Crippen molar-refractivity contribution in [2.24, 2.45) is 0 Å². The molecule has 0 spiro atoms. The van der Waals surface area contributed by atoms with Gasteiger partial charge in [0.1, 0.15) is 5.82 Å². The number of hydrogen-bond acceptors (Lipinski definition) is 6.